The molecule has 0 aliphatic heterocycles. The number of rotatable bonds is 7. The first-order valence-electron chi connectivity index (χ1n) is 6.27. The molecule has 0 aromatic heterocycles. The van der Waals surface area contributed by atoms with Gasteiger partial charge in [-0.2, -0.15) is 0 Å². The van der Waals surface area contributed by atoms with E-state index in [0.717, 1.165) is 12.1 Å². The second-order valence-corrected chi connectivity index (χ2v) is 5.96. The van der Waals surface area contributed by atoms with Crippen LogP contribution in [0.2, 0.25) is 0 Å². The van der Waals surface area contributed by atoms with Crippen LogP contribution >= 0.6 is 0 Å². The second kappa shape index (κ2) is 8.31. The van der Waals surface area contributed by atoms with Crippen LogP contribution in [0.5, 0.6) is 0 Å². The zero-order valence-electron chi connectivity index (χ0n) is 11.5. The lowest BCUT2D eigenvalue weighted by Crippen LogP contribution is -2.28. The molecular formula is C14H16FNO4S. The first-order chi connectivity index (χ1) is 9.93. The number of benzene rings is 1. The summed E-state index contributed by atoms with van der Waals surface area (Å²) in [6.07, 6.45) is 2.17. The monoisotopic (exact) mass is 313 g/mol. The Bertz CT molecular complexity index is 586. The van der Waals surface area contributed by atoms with Crippen molar-refractivity contribution >= 4 is 28.8 Å². The Labute approximate surface area is 124 Å². The van der Waals surface area contributed by atoms with Gasteiger partial charge in [-0.15, -0.1) is 0 Å². The minimum atomic E-state index is -1.13. The average molecular weight is 313 g/mol. The molecule has 1 aromatic carbocycles. The van der Waals surface area contributed by atoms with Crippen molar-refractivity contribution in [1.29, 1.82) is 0 Å². The zero-order chi connectivity index (χ0) is 15.8. The molecule has 0 heterocycles. The van der Waals surface area contributed by atoms with Crippen LogP contribution in [0.1, 0.15) is 22.8 Å². The van der Waals surface area contributed by atoms with Gasteiger partial charge in [0.2, 0.25) is 0 Å². The van der Waals surface area contributed by atoms with Gasteiger partial charge in [0, 0.05) is 34.9 Å². The number of amides is 1. The van der Waals surface area contributed by atoms with E-state index in [1.54, 1.807) is 6.92 Å². The Hall–Kier alpha value is -2.02. The Kier molecular flexibility index (Phi) is 6.74. The van der Waals surface area contributed by atoms with E-state index in [0.29, 0.717) is 17.1 Å². The molecule has 0 aliphatic carbocycles. The minimum absolute atomic E-state index is 0.176. The predicted octanol–water partition coefficient (Wildman–Crippen LogP) is 1.42. The number of carboxylic acid groups (broad SMARTS) is 1. The summed E-state index contributed by atoms with van der Waals surface area (Å²) in [5.74, 6) is -1.64. The third kappa shape index (κ3) is 5.86. The second-order valence-electron chi connectivity index (χ2n) is 4.10. The number of aliphatic carboxylic acids is 1. The number of carbonyl (C=O) groups excluding carboxylic acids is 1. The van der Waals surface area contributed by atoms with Gasteiger partial charge in [-0.3, -0.25) is 9.00 Å². The van der Waals surface area contributed by atoms with Gasteiger partial charge in [-0.05, 0) is 23.8 Å². The fraction of sp³-hybridized carbons (Fsp3) is 0.286. The van der Waals surface area contributed by atoms with Crippen molar-refractivity contribution in [2.24, 2.45) is 0 Å². The van der Waals surface area contributed by atoms with Crippen molar-refractivity contribution in [2.75, 3.05) is 18.1 Å². The molecule has 0 spiro atoms. The topological polar surface area (TPSA) is 83.5 Å². The Morgan fingerprint density at radius 2 is 2.14 bits per heavy atom. The SMILES string of the molecule is CCS(=O)CCNC(=O)c1cc(/C=C/C(=O)O)ccc1F. The molecule has 7 heteroatoms. The summed E-state index contributed by atoms with van der Waals surface area (Å²) in [5.41, 5.74) is 0.228. The lowest BCUT2D eigenvalue weighted by atomic mass is 10.1. The summed E-state index contributed by atoms with van der Waals surface area (Å²) in [6, 6.07) is 3.74. The van der Waals surface area contributed by atoms with Crippen molar-refractivity contribution in [3.8, 4) is 0 Å². The van der Waals surface area contributed by atoms with Crippen LogP contribution in [-0.2, 0) is 15.6 Å². The number of hydrogen-bond donors (Lipinski definition) is 2. The summed E-state index contributed by atoms with van der Waals surface area (Å²) in [6.45, 7) is 1.96. The molecule has 0 saturated heterocycles. The molecule has 5 nitrogen and oxygen atoms in total. The first-order valence-corrected chi connectivity index (χ1v) is 7.76. The summed E-state index contributed by atoms with van der Waals surface area (Å²) >= 11 is 0. The lowest BCUT2D eigenvalue weighted by Gasteiger charge is -2.06. The van der Waals surface area contributed by atoms with Gasteiger partial charge >= 0.3 is 5.97 Å². The minimum Gasteiger partial charge on any atom is -0.478 e. The summed E-state index contributed by atoms with van der Waals surface area (Å²) < 4.78 is 24.8. The van der Waals surface area contributed by atoms with Crippen molar-refractivity contribution in [1.82, 2.24) is 5.32 Å². The zero-order valence-corrected chi connectivity index (χ0v) is 12.3. The van der Waals surface area contributed by atoms with Crippen LogP contribution in [0.25, 0.3) is 6.08 Å². The van der Waals surface area contributed by atoms with Gasteiger partial charge in [-0.1, -0.05) is 13.0 Å². The molecule has 21 heavy (non-hydrogen) atoms. The Morgan fingerprint density at radius 3 is 2.76 bits per heavy atom. The highest BCUT2D eigenvalue weighted by atomic mass is 32.2. The molecule has 2 N–H and O–H groups in total. The molecule has 1 unspecified atom stereocenters. The van der Waals surface area contributed by atoms with Crippen molar-refractivity contribution in [3.63, 3.8) is 0 Å². The van der Waals surface area contributed by atoms with E-state index in [1.807, 2.05) is 0 Å². The highest BCUT2D eigenvalue weighted by Gasteiger charge is 2.12. The molecule has 0 bridgehead atoms. The third-order valence-corrected chi connectivity index (χ3v) is 3.89. The average Bonchev–Trinajstić information content (AvgIpc) is 2.45. The molecule has 0 radical (unpaired) electrons. The van der Waals surface area contributed by atoms with Gasteiger partial charge in [0.1, 0.15) is 5.82 Å². The van der Waals surface area contributed by atoms with Crippen LogP contribution in [0.15, 0.2) is 24.3 Å². The van der Waals surface area contributed by atoms with E-state index in [1.165, 1.54) is 18.2 Å². The van der Waals surface area contributed by atoms with E-state index in [-0.39, 0.29) is 12.1 Å². The van der Waals surface area contributed by atoms with Gasteiger partial charge in [0.25, 0.3) is 5.91 Å². The van der Waals surface area contributed by atoms with E-state index >= 15 is 0 Å². The molecule has 0 fully saturated rings. The largest absolute Gasteiger partial charge is 0.478 e. The molecule has 1 aromatic rings. The number of nitrogens with one attached hydrogen (secondary N) is 1. The normalized spacial score (nSPS) is 12.3. The summed E-state index contributed by atoms with van der Waals surface area (Å²) in [7, 11) is -1.00. The summed E-state index contributed by atoms with van der Waals surface area (Å²) in [4.78, 5) is 22.3. The van der Waals surface area contributed by atoms with Crippen molar-refractivity contribution in [2.45, 2.75) is 6.92 Å². The number of hydrogen-bond acceptors (Lipinski definition) is 3. The third-order valence-electron chi connectivity index (χ3n) is 2.59. The maximum Gasteiger partial charge on any atom is 0.328 e. The molecular weight excluding hydrogens is 297 g/mol. The Morgan fingerprint density at radius 1 is 1.43 bits per heavy atom. The van der Waals surface area contributed by atoms with E-state index in [2.05, 4.69) is 5.32 Å². The van der Waals surface area contributed by atoms with Gasteiger partial charge < -0.3 is 10.4 Å². The quantitative estimate of drug-likeness (QED) is 0.746. The van der Waals surface area contributed by atoms with Crippen LogP contribution < -0.4 is 5.32 Å². The highest BCUT2D eigenvalue weighted by Crippen LogP contribution is 2.12. The van der Waals surface area contributed by atoms with Crippen molar-refractivity contribution < 1.29 is 23.3 Å². The van der Waals surface area contributed by atoms with E-state index in [4.69, 9.17) is 5.11 Å². The standard InChI is InChI=1S/C14H16FNO4S/c1-2-21(20)8-7-16-14(19)11-9-10(3-5-12(11)15)4-6-13(17)18/h3-6,9H,2,7-8H2,1H3,(H,16,19)(H,17,18)/b6-4+. The smallest absolute Gasteiger partial charge is 0.328 e. The molecule has 1 rings (SSSR count). The van der Waals surface area contributed by atoms with Crippen LogP contribution in [0, 0.1) is 5.82 Å². The molecule has 1 atom stereocenters. The number of carboxylic acids is 1. The van der Waals surface area contributed by atoms with Gasteiger partial charge in [0.15, 0.2) is 0 Å². The van der Waals surface area contributed by atoms with Gasteiger partial charge in [0.05, 0.1) is 5.56 Å². The maximum atomic E-state index is 13.6. The molecule has 1 amide bonds. The van der Waals surface area contributed by atoms with Gasteiger partial charge in [-0.25, -0.2) is 9.18 Å². The van der Waals surface area contributed by atoms with Crippen LogP contribution in [0.4, 0.5) is 4.39 Å². The maximum absolute atomic E-state index is 13.6. The Balaban J connectivity index is 2.76. The fourth-order valence-corrected chi connectivity index (χ4v) is 2.12. The fourth-order valence-electron chi connectivity index (χ4n) is 1.51. The van der Waals surface area contributed by atoms with Crippen LogP contribution in [0.3, 0.4) is 0 Å². The number of carbonyl (C=O) groups is 2. The van der Waals surface area contributed by atoms with Crippen LogP contribution in [-0.4, -0.2) is 39.2 Å². The molecule has 0 saturated carbocycles. The first kappa shape index (κ1) is 17.0. The van der Waals surface area contributed by atoms with E-state index < -0.39 is 28.5 Å². The summed E-state index contributed by atoms with van der Waals surface area (Å²) in [5, 5.41) is 11.0. The highest BCUT2D eigenvalue weighted by molar-refractivity contribution is 7.84. The molecule has 0 aliphatic rings. The predicted molar refractivity (Wildman–Crippen MR) is 79.0 cm³/mol. The lowest BCUT2D eigenvalue weighted by molar-refractivity contribution is -0.131. The van der Waals surface area contributed by atoms with Crippen molar-refractivity contribution in [3.05, 3.63) is 41.2 Å². The number of halogens is 1. The molecule has 114 valence electrons. The van der Waals surface area contributed by atoms with E-state index in [9.17, 15) is 18.2 Å².